The number of nitrogens with two attached hydrogens (primary N) is 1. The lowest BCUT2D eigenvalue weighted by atomic mass is 9.90. The van der Waals surface area contributed by atoms with E-state index < -0.39 is 0 Å². The number of hydrogen-bond acceptors (Lipinski definition) is 2. The van der Waals surface area contributed by atoms with Crippen LogP contribution in [0.15, 0.2) is 18.2 Å². The monoisotopic (exact) mass is 260 g/mol. The molecule has 3 nitrogen and oxygen atoms in total. The number of hydrogen-bond donors (Lipinski definition) is 1. The van der Waals surface area contributed by atoms with Crippen molar-refractivity contribution in [2.24, 2.45) is 5.92 Å². The van der Waals surface area contributed by atoms with Gasteiger partial charge in [-0.2, -0.15) is 0 Å². The molecule has 0 spiro atoms. The summed E-state index contributed by atoms with van der Waals surface area (Å²) in [7, 11) is 0. The number of fused-ring (bicyclic) bond motifs is 1. The van der Waals surface area contributed by atoms with Crippen LogP contribution < -0.4 is 5.32 Å². The van der Waals surface area contributed by atoms with Gasteiger partial charge in [-0.15, -0.1) is 0 Å². The quantitative estimate of drug-likeness (QED) is 0.833. The van der Waals surface area contributed by atoms with Crippen LogP contribution in [0.5, 0.6) is 0 Å². The molecule has 19 heavy (non-hydrogen) atoms. The maximum atomic E-state index is 11.6. The van der Waals surface area contributed by atoms with Gasteiger partial charge >= 0.3 is 5.97 Å². The van der Waals surface area contributed by atoms with Crippen molar-refractivity contribution in [2.45, 2.75) is 32.1 Å². The minimum absolute atomic E-state index is 0.157. The van der Waals surface area contributed by atoms with E-state index in [1.54, 1.807) is 0 Å². The molecule has 2 aliphatic rings. The number of esters is 1. The molecule has 0 aliphatic carbocycles. The summed E-state index contributed by atoms with van der Waals surface area (Å²) in [5.41, 5.74) is 3.32. The Hall–Kier alpha value is -1.35. The first-order valence-corrected chi connectivity index (χ1v) is 7.43. The Bertz CT molecular complexity index is 464. The Balaban J connectivity index is 1.63. The molecule has 0 amide bonds. The van der Waals surface area contributed by atoms with E-state index in [2.05, 4.69) is 17.4 Å². The van der Waals surface area contributed by atoms with Crippen molar-refractivity contribution in [3.05, 3.63) is 34.9 Å². The Morgan fingerprint density at radius 3 is 2.95 bits per heavy atom. The van der Waals surface area contributed by atoms with Gasteiger partial charge in [-0.05, 0) is 48.8 Å². The summed E-state index contributed by atoms with van der Waals surface area (Å²) in [4.78, 5) is 11.6. The van der Waals surface area contributed by atoms with Crippen LogP contribution in [0.1, 0.15) is 40.7 Å². The SMILES string of the molecule is O=C1OCCc2cc(CCC3CC[NH2+]CC3)ccc21. The molecule has 1 aromatic carbocycles. The summed E-state index contributed by atoms with van der Waals surface area (Å²) < 4.78 is 5.06. The van der Waals surface area contributed by atoms with Crippen molar-refractivity contribution in [2.75, 3.05) is 19.7 Å². The number of quaternary nitrogens is 1. The number of rotatable bonds is 3. The van der Waals surface area contributed by atoms with E-state index in [-0.39, 0.29) is 5.97 Å². The second-order valence-electron chi connectivity index (χ2n) is 5.73. The maximum Gasteiger partial charge on any atom is 0.338 e. The number of ether oxygens (including phenoxy) is 1. The van der Waals surface area contributed by atoms with E-state index in [1.165, 1.54) is 43.5 Å². The van der Waals surface area contributed by atoms with Gasteiger partial charge < -0.3 is 10.1 Å². The van der Waals surface area contributed by atoms with Gasteiger partial charge in [0.1, 0.15) is 0 Å². The standard InChI is InChI=1S/C16H21NO2/c18-16-15-4-3-13(11-14(15)7-10-19-16)2-1-12-5-8-17-9-6-12/h3-4,11-12,17H,1-2,5-10H2/p+1. The molecule has 1 saturated heterocycles. The number of carbonyl (C=O) groups is 1. The van der Waals surface area contributed by atoms with E-state index in [4.69, 9.17) is 4.74 Å². The average molecular weight is 260 g/mol. The van der Waals surface area contributed by atoms with E-state index in [9.17, 15) is 4.79 Å². The molecule has 0 radical (unpaired) electrons. The second-order valence-corrected chi connectivity index (χ2v) is 5.73. The summed E-state index contributed by atoms with van der Waals surface area (Å²) >= 11 is 0. The molecular weight excluding hydrogens is 238 g/mol. The first-order valence-electron chi connectivity index (χ1n) is 7.43. The summed E-state index contributed by atoms with van der Waals surface area (Å²) in [6.07, 6.45) is 6.02. The minimum Gasteiger partial charge on any atom is -0.462 e. The van der Waals surface area contributed by atoms with Crippen LogP contribution in [0.25, 0.3) is 0 Å². The van der Waals surface area contributed by atoms with Gasteiger partial charge in [-0.1, -0.05) is 12.1 Å². The first-order chi connectivity index (χ1) is 9.33. The van der Waals surface area contributed by atoms with Crippen molar-refractivity contribution >= 4 is 5.97 Å². The van der Waals surface area contributed by atoms with Gasteiger partial charge in [-0.25, -0.2) is 4.79 Å². The summed E-state index contributed by atoms with van der Waals surface area (Å²) in [6, 6.07) is 6.26. The van der Waals surface area contributed by atoms with Crippen molar-refractivity contribution < 1.29 is 14.8 Å². The van der Waals surface area contributed by atoms with Gasteiger partial charge in [0.2, 0.25) is 0 Å². The predicted molar refractivity (Wildman–Crippen MR) is 73.1 cm³/mol. The third kappa shape index (κ3) is 2.98. The van der Waals surface area contributed by atoms with Crippen LogP contribution >= 0.6 is 0 Å². The Labute approximate surface area is 114 Å². The Kier molecular flexibility index (Phi) is 3.83. The number of aryl methyl sites for hydroxylation is 1. The zero-order chi connectivity index (χ0) is 13.1. The third-order valence-corrected chi connectivity index (χ3v) is 4.39. The molecule has 0 unspecified atom stereocenters. The molecule has 3 rings (SSSR count). The number of benzene rings is 1. The Morgan fingerprint density at radius 1 is 1.26 bits per heavy atom. The molecule has 2 aliphatic heterocycles. The number of carbonyl (C=O) groups excluding carboxylic acids is 1. The number of piperidine rings is 1. The van der Waals surface area contributed by atoms with Gasteiger partial charge in [0.15, 0.2) is 0 Å². The van der Waals surface area contributed by atoms with Gasteiger partial charge in [0.05, 0.1) is 25.3 Å². The van der Waals surface area contributed by atoms with E-state index in [0.717, 1.165) is 24.3 Å². The van der Waals surface area contributed by atoms with Gasteiger partial charge in [-0.3, -0.25) is 0 Å². The fourth-order valence-electron chi connectivity index (χ4n) is 3.20. The highest BCUT2D eigenvalue weighted by atomic mass is 16.5. The van der Waals surface area contributed by atoms with Crippen molar-refractivity contribution in [1.82, 2.24) is 0 Å². The van der Waals surface area contributed by atoms with Crippen LogP contribution in [-0.2, 0) is 17.6 Å². The molecule has 0 aromatic heterocycles. The zero-order valence-corrected chi connectivity index (χ0v) is 11.4. The summed E-state index contributed by atoms with van der Waals surface area (Å²) in [5.74, 6) is 0.738. The largest absolute Gasteiger partial charge is 0.462 e. The van der Waals surface area contributed by atoms with Crippen LogP contribution in [0.3, 0.4) is 0 Å². The third-order valence-electron chi connectivity index (χ3n) is 4.39. The van der Waals surface area contributed by atoms with E-state index >= 15 is 0 Å². The van der Waals surface area contributed by atoms with Crippen LogP contribution in [0.4, 0.5) is 0 Å². The molecule has 2 heterocycles. The zero-order valence-electron chi connectivity index (χ0n) is 11.4. The first kappa shape index (κ1) is 12.7. The molecule has 102 valence electrons. The van der Waals surface area contributed by atoms with Crippen molar-refractivity contribution in [3.63, 3.8) is 0 Å². The van der Waals surface area contributed by atoms with Gasteiger partial charge in [0.25, 0.3) is 0 Å². The van der Waals surface area contributed by atoms with Crippen molar-refractivity contribution in [3.8, 4) is 0 Å². The summed E-state index contributed by atoms with van der Waals surface area (Å²) in [5, 5.41) is 2.42. The molecular formula is C16H22NO2+. The normalized spacial score (nSPS) is 19.9. The fourth-order valence-corrected chi connectivity index (χ4v) is 3.20. The van der Waals surface area contributed by atoms with Crippen LogP contribution in [0.2, 0.25) is 0 Å². The molecule has 1 fully saturated rings. The molecule has 3 heteroatoms. The van der Waals surface area contributed by atoms with Crippen LogP contribution in [0, 0.1) is 5.92 Å². The summed E-state index contributed by atoms with van der Waals surface area (Å²) in [6.45, 7) is 3.12. The smallest absolute Gasteiger partial charge is 0.338 e. The lowest BCUT2D eigenvalue weighted by molar-refractivity contribution is -0.664. The second kappa shape index (κ2) is 5.74. The van der Waals surface area contributed by atoms with E-state index in [1.807, 2.05) is 6.07 Å². The number of cyclic esters (lactones) is 1. The van der Waals surface area contributed by atoms with Crippen LogP contribution in [-0.4, -0.2) is 25.7 Å². The Morgan fingerprint density at radius 2 is 2.11 bits per heavy atom. The van der Waals surface area contributed by atoms with Gasteiger partial charge in [0, 0.05) is 6.42 Å². The topological polar surface area (TPSA) is 42.9 Å². The van der Waals surface area contributed by atoms with Crippen molar-refractivity contribution in [1.29, 1.82) is 0 Å². The fraction of sp³-hybridized carbons (Fsp3) is 0.562. The molecule has 1 aromatic rings. The van der Waals surface area contributed by atoms with E-state index in [0.29, 0.717) is 6.61 Å². The minimum atomic E-state index is -0.157. The lowest BCUT2D eigenvalue weighted by Gasteiger charge is -2.21. The predicted octanol–water partition coefficient (Wildman–Crippen LogP) is 1.31. The molecule has 0 bridgehead atoms. The average Bonchev–Trinajstić information content (AvgIpc) is 2.46. The highest BCUT2D eigenvalue weighted by Crippen LogP contribution is 2.21. The molecule has 2 N–H and O–H groups in total. The molecule has 0 atom stereocenters. The lowest BCUT2D eigenvalue weighted by Crippen LogP contribution is -2.86. The molecule has 0 saturated carbocycles. The highest BCUT2D eigenvalue weighted by molar-refractivity contribution is 5.92. The maximum absolute atomic E-state index is 11.6. The highest BCUT2D eigenvalue weighted by Gasteiger charge is 2.19.